The molecule has 2 rings (SSSR count). The molecule has 15 heavy (non-hydrogen) atoms. The maximum absolute atomic E-state index is 4.17. The van der Waals surface area contributed by atoms with E-state index in [2.05, 4.69) is 27.4 Å². The predicted octanol–water partition coefficient (Wildman–Crippen LogP) is -0.643. The van der Waals surface area contributed by atoms with E-state index in [0.717, 1.165) is 52.2 Å². The highest BCUT2D eigenvalue weighted by atomic mass is 15.2. The lowest BCUT2D eigenvalue weighted by Crippen LogP contribution is -2.44. The zero-order chi connectivity index (χ0) is 10.5. The second kappa shape index (κ2) is 5.61. The van der Waals surface area contributed by atoms with Crippen LogP contribution in [0.5, 0.6) is 0 Å². The minimum absolute atomic E-state index is 0.459. The number of nitrogens with one attached hydrogen (secondary N) is 3. The van der Waals surface area contributed by atoms with Gasteiger partial charge in [-0.25, -0.2) is 0 Å². The van der Waals surface area contributed by atoms with Crippen LogP contribution in [0.3, 0.4) is 0 Å². The van der Waals surface area contributed by atoms with E-state index in [-0.39, 0.29) is 0 Å². The smallest absolute Gasteiger partial charge is 0.0611 e. The Balaban J connectivity index is 1.66. The Morgan fingerprint density at radius 3 is 2.47 bits per heavy atom. The van der Waals surface area contributed by atoms with Crippen molar-refractivity contribution in [3.8, 4) is 0 Å². The Hall–Kier alpha value is -0.420. The van der Waals surface area contributed by atoms with Gasteiger partial charge >= 0.3 is 0 Å². The Labute approximate surface area is 92.1 Å². The molecule has 2 saturated heterocycles. The fourth-order valence-corrected chi connectivity index (χ4v) is 2.25. The standard InChI is InChI=1S/C11H22N4/c1-10(8-11-13-2-3-14-11)9-15-6-4-12-5-7-15/h11-14H,1-9H2. The van der Waals surface area contributed by atoms with Crippen molar-refractivity contribution in [1.82, 2.24) is 20.9 Å². The molecule has 2 heterocycles. The Kier molecular flexibility index (Phi) is 4.14. The molecule has 0 unspecified atom stereocenters. The van der Waals surface area contributed by atoms with E-state index in [4.69, 9.17) is 0 Å². The van der Waals surface area contributed by atoms with Crippen LogP contribution >= 0.6 is 0 Å². The van der Waals surface area contributed by atoms with Gasteiger partial charge in [0.1, 0.15) is 0 Å². The van der Waals surface area contributed by atoms with Crippen LogP contribution in [-0.2, 0) is 0 Å². The minimum atomic E-state index is 0.459. The highest BCUT2D eigenvalue weighted by Crippen LogP contribution is 2.06. The normalized spacial score (nSPS) is 24.5. The van der Waals surface area contributed by atoms with Gasteiger partial charge in [-0.3, -0.25) is 4.90 Å². The van der Waals surface area contributed by atoms with Gasteiger partial charge in [-0.15, -0.1) is 0 Å². The van der Waals surface area contributed by atoms with Crippen molar-refractivity contribution < 1.29 is 0 Å². The summed E-state index contributed by atoms with van der Waals surface area (Å²) in [4.78, 5) is 2.48. The van der Waals surface area contributed by atoms with Gasteiger partial charge in [-0.1, -0.05) is 12.2 Å². The fraction of sp³-hybridized carbons (Fsp3) is 0.818. The lowest BCUT2D eigenvalue weighted by molar-refractivity contribution is 0.256. The third kappa shape index (κ3) is 3.57. The lowest BCUT2D eigenvalue weighted by atomic mass is 10.1. The van der Waals surface area contributed by atoms with Gasteiger partial charge in [-0.2, -0.15) is 0 Å². The quantitative estimate of drug-likeness (QED) is 0.540. The fourth-order valence-electron chi connectivity index (χ4n) is 2.25. The zero-order valence-corrected chi connectivity index (χ0v) is 9.39. The predicted molar refractivity (Wildman–Crippen MR) is 62.9 cm³/mol. The third-order valence-corrected chi connectivity index (χ3v) is 3.06. The van der Waals surface area contributed by atoms with Crippen molar-refractivity contribution in [2.45, 2.75) is 12.6 Å². The van der Waals surface area contributed by atoms with E-state index in [1.807, 2.05) is 0 Å². The monoisotopic (exact) mass is 210 g/mol. The van der Waals surface area contributed by atoms with E-state index < -0.39 is 0 Å². The molecular weight excluding hydrogens is 188 g/mol. The summed E-state index contributed by atoms with van der Waals surface area (Å²) < 4.78 is 0. The minimum Gasteiger partial charge on any atom is -0.314 e. The molecule has 0 amide bonds. The summed E-state index contributed by atoms with van der Waals surface area (Å²) in [6, 6.07) is 0. The molecule has 0 saturated carbocycles. The van der Waals surface area contributed by atoms with Gasteiger partial charge < -0.3 is 16.0 Å². The topological polar surface area (TPSA) is 39.3 Å². The summed E-state index contributed by atoms with van der Waals surface area (Å²) in [5, 5.41) is 10.2. The van der Waals surface area contributed by atoms with Gasteiger partial charge in [-0.05, 0) is 6.42 Å². The second-order valence-corrected chi connectivity index (χ2v) is 4.44. The highest BCUT2D eigenvalue weighted by Gasteiger charge is 2.16. The van der Waals surface area contributed by atoms with Crippen molar-refractivity contribution in [3.05, 3.63) is 12.2 Å². The van der Waals surface area contributed by atoms with Gasteiger partial charge in [0.15, 0.2) is 0 Å². The van der Waals surface area contributed by atoms with Gasteiger partial charge in [0.25, 0.3) is 0 Å². The van der Waals surface area contributed by atoms with Crippen molar-refractivity contribution in [2.75, 3.05) is 45.8 Å². The summed E-state index contributed by atoms with van der Waals surface area (Å²) in [6.45, 7) is 12.0. The second-order valence-electron chi connectivity index (χ2n) is 4.44. The molecule has 2 aliphatic heterocycles. The number of rotatable bonds is 4. The first-order valence-electron chi connectivity index (χ1n) is 5.91. The molecule has 3 N–H and O–H groups in total. The van der Waals surface area contributed by atoms with Crippen LogP contribution in [0.2, 0.25) is 0 Å². The Morgan fingerprint density at radius 1 is 1.13 bits per heavy atom. The molecule has 0 aromatic heterocycles. The largest absolute Gasteiger partial charge is 0.314 e. The van der Waals surface area contributed by atoms with E-state index >= 15 is 0 Å². The van der Waals surface area contributed by atoms with Crippen molar-refractivity contribution in [1.29, 1.82) is 0 Å². The third-order valence-electron chi connectivity index (χ3n) is 3.06. The number of piperazine rings is 1. The van der Waals surface area contributed by atoms with Crippen LogP contribution in [-0.4, -0.2) is 56.9 Å². The molecule has 0 aromatic carbocycles. The van der Waals surface area contributed by atoms with Gasteiger partial charge in [0.05, 0.1) is 6.17 Å². The summed E-state index contributed by atoms with van der Waals surface area (Å²) in [7, 11) is 0. The Morgan fingerprint density at radius 2 is 1.80 bits per heavy atom. The Bertz CT molecular complexity index is 205. The molecule has 86 valence electrons. The molecule has 0 spiro atoms. The highest BCUT2D eigenvalue weighted by molar-refractivity contribution is 5.01. The van der Waals surface area contributed by atoms with Crippen LogP contribution in [0.1, 0.15) is 6.42 Å². The molecule has 0 bridgehead atoms. The molecule has 0 atom stereocenters. The van der Waals surface area contributed by atoms with E-state index in [9.17, 15) is 0 Å². The first kappa shape index (κ1) is 11.1. The van der Waals surface area contributed by atoms with Gasteiger partial charge in [0, 0.05) is 45.8 Å². The van der Waals surface area contributed by atoms with E-state index in [1.165, 1.54) is 5.57 Å². The van der Waals surface area contributed by atoms with Gasteiger partial charge in [0.2, 0.25) is 0 Å². The molecule has 0 aliphatic carbocycles. The maximum atomic E-state index is 4.17. The first-order chi connectivity index (χ1) is 7.34. The zero-order valence-electron chi connectivity index (χ0n) is 9.39. The summed E-state index contributed by atoms with van der Waals surface area (Å²) in [6.07, 6.45) is 1.52. The van der Waals surface area contributed by atoms with E-state index in [1.54, 1.807) is 0 Å². The maximum Gasteiger partial charge on any atom is 0.0611 e. The van der Waals surface area contributed by atoms with E-state index in [0.29, 0.717) is 6.17 Å². The molecule has 0 radical (unpaired) electrons. The van der Waals surface area contributed by atoms with Crippen LogP contribution in [0.25, 0.3) is 0 Å². The SMILES string of the molecule is C=C(CC1NCCN1)CN1CCNCC1. The number of hydrogen-bond donors (Lipinski definition) is 3. The average molecular weight is 210 g/mol. The van der Waals surface area contributed by atoms with Crippen LogP contribution < -0.4 is 16.0 Å². The number of nitrogens with zero attached hydrogens (tertiary/aromatic N) is 1. The van der Waals surface area contributed by atoms with Crippen molar-refractivity contribution in [2.24, 2.45) is 0 Å². The summed E-state index contributed by atoms with van der Waals surface area (Å²) in [5.74, 6) is 0. The molecule has 2 aliphatic rings. The molecule has 2 fully saturated rings. The molecular formula is C11H22N4. The van der Waals surface area contributed by atoms with Crippen LogP contribution in [0.4, 0.5) is 0 Å². The lowest BCUT2D eigenvalue weighted by Gasteiger charge is -2.28. The van der Waals surface area contributed by atoms with Crippen molar-refractivity contribution in [3.63, 3.8) is 0 Å². The van der Waals surface area contributed by atoms with Crippen LogP contribution in [0.15, 0.2) is 12.2 Å². The summed E-state index contributed by atoms with van der Waals surface area (Å²) in [5.41, 5.74) is 1.34. The average Bonchev–Trinajstić information content (AvgIpc) is 2.71. The number of hydrogen-bond acceptors (Lipinski definition) is 4. The molecule has 4 nitrogen and oxygen atoms in total. The molecule has 0 aromatic rings. The van der Waals surface area contributed by atoms with Crippen LogP contribution in [0, 0.1) is 0 Å². The van der Waals surface area contributed by atoms with Crippen molar-refractivity contribution >= 4 is 0 Å². The first-order valence-corrected chi connectivity index (χ1v) is 5.91. The summed E-state index contributed by atoms with van der Waals surface area (Å²) >= 11 is 0. The molecule has 4 heteroatoms.